The lowest BCUT2D eigenvalue weighted by Gasteiger charge is -2.35. The first kappa shape index (κ1) is 23.9. The van der Waals surface area contributed by atoms with Gasteiger partial charge in [0.25, 0.3) is 5.56 Å². The number of phenols is 1. The molecule has 4 rings (SSSR count). The molecule has 0 unspecified atom stereocenters. The van der Waals surface area contributed by atoms with Gasteiger partial charge in [0, 0.05) is 37.3 Å². The highest BCUT2D eigenvalue weighted by Crippen LogP contribution is 2.40. The maximum absolute atomic E-state index is 11.9. The molecule has 2 heterocycles. The number of rotatable bonds is 6. The topological polar surface area (TPSA) is 84.1 Å². The van der Waals surface area contributed by atoms with Crippen LogP contribution in [0.3, 0.4) is 0 Å². The number of aromatic hydroxyl groups is 1. The zero-order chi connectivity index (χ0) is 24.3. The molecule has 0 saturated heterocycles. The van der Waals surface area contributed by atoms with Crippen LogP contribution in [0.15, 0.2) is 47.5 Å². The van der Waals surface area contributed by atoms with Crippen molar-refractivity contribution in [3.8, 4) is 28.3 Å². The number of anilines is 1. The molecule has 2 aromatic heterocycles. The number of phenolic OH excluding ortho intramolecular Hbond substituents is 1. The summed E-state index contributed by atoms with van der Waals surface area (Å²) in [5, 5.41) is 19.6. The highest BCUT2D eigenvalue weighted by Gasteiger charge is 2.32. The van der Waals surface area contributed by atoms with E-state index in [1.54, 1.807) is 19.2 Å². The van der Waals surface area contributed by atoms with E-state index in [9.17, 15) is 9.90 Å². The zero-order valence-electron chi connectivity index (χ0n) is 20.7. The van der Waals surface area contributed by atoms with Crippen LogP contribution in [0.25, 0.3) is 22.5 Å². The van der Waals surface area contributed by atoms with Crippen molar-refractivity contribution in [2.24, 2.45) is 12.5 Å². The minimum Gasteiger partial charge on any atom is -0.507 e. The maximum atomic E-state index is 11.9. The molecule has 0 spiro atoms. The Balaban J connectivity index is 1.53. The molecule has 7 heteroatoms. The first-order valence-corrected chi connectivity index (χ1v) is 12.2. The molecule has 34 heavy (non-hydrogen) atoms. The van der Waals surface area contributed by atoms with Crippen molar-refractivity contribution in [2.45, 2.75) is 64.8 Å². The van der Waals surface area contributed by atoms with E-state index in [4.69, 9.17) is 0 Å². The molecular formula is C27H35N5O2. The third-order valence-corrected chi connectivity index (χ3v) is 7.26. The van der Waals surface area contributed by atoms with E-state index in [1.165, 1.54) is 61.9 Å². The van der Waals surface area contributed by atoms with Crippen molar-refractivity contribution >= 4 is 5.82 Å². The van der Waals surface area contributed by atoms with Crippen LogP contribution in [0.4, 0.5) is 5.82 Å². The molecule has 1 fully saturated rings. The third kappa shape index (κ3) is 5.13. The van der Waals surface area contributed by atoms with E-state index >= 15 is 0 Å². The van der Waals surface area contributed by atoms with E-state index in [-0.39, 0.29) is 11.3 Å². The van der Waals surface area contributed by atoms with Gasteiger partial charge in [-0.1, -0.05) is 39.2 Å². The fourth-order valence-electron chi connectivity index (χ4n) is 5.24. The standard InChI is InChI=1S/C27H35N5O2/c1-5-13-27(2)14-7-6-8-20(17-27)32(4)25-12-11-22(29-30-25)21-10-9-19(15-24(21)33)23-16-26(34)31(3)18-28-23/h9-12,15-16,18,20,33H,5-8,13-14,17H2,1-4H3/t20-,27+/m0/s1. The van der Waals surface area contributed by atoms with Crippen LogP contribution in [-0.2, 0) is 7.05 Å². The van der Waals surface area contributed by atoms with Gasteiger partial charge in [-0.25, -0.2) is 4.98 Å². The van der Waals surface area contributed by atoms with E-state index < -0.39 is 0 Å². The second kappa shape index (κ2) is 9.95. The van der Waals surface area contributed by atoms with Gasteiger partial charge in [-0.05, 0) is 55.4 Å². The van der Waals surface area contributed by atoms with Crippen molar-refractivity contribution in [3.05, 3.63) is 53.1 Å². The number of hydrogen-bond donors (Lipinski definition) is 1. The Bertz CT molecular complexity index is 1190. The lowest BCUT2D eigenvalue weighted by atomic mass is 9.77. The zero-order valence-corrected chi connectivity index (χ0v) is 20.7. The van der Waals surface area contributed by atoms with Gasteiger partial charge in [0.2, 0.25) is 0 Å². The number of hydrogen-bond acceptors (Lipinski definition) is 6. The van der Waals surface area contributed by atoms with Crippen LogP contribution in [0.5, 0.6) is 5.75 Å². The predicted molar refractivity (Wildman–Crippen MR) is 136 cm³/mol. The highest BCUT2D eigenvalue weighted by atomic mass is 16.3. The summed E-state index contributed by atoms with van der Waals surface area (Å²) in [4.78, 5) is 18.5. The first-order chi connectivity index (χ1) is 16.3. The Hall–Kier alpha value is -3.22. The Labute approximate surface area is 201 Å². The molecule has 1 aromatic carbocycles. The Kier molecular flexibility index (Phi) is 7.00. The monoisotopic (exact) mass is 461 g/mol. The summed E-state index contributed by atoms with van der Waals surface area (Å²) >= 11 is 0. The summed E-state index contributed by atoms with van der Waals surface area (Å²) in [6.45, 7) is 4.71. The summed E-state index contributed by atoms with van der Waals surface area (Å²) in [7, 11) is 3.77. The van der Waals surface area contributed by atoms with Gasteiger partial charge in [-0.15, -0.1) is 10.2 Å². The van der Waals surface area contributed by atoms with Crippen molar-refractivity contribution in [1.82, 2.24) is 19.7 Å². The van der Waals surface area contributed by atoms with Crippen molar-refractivity contribution in [3.63, 3.8) is 0 Å². The van der Waals surface area contributed by atoms with Gasteiger partial charge in [-0.3, -0.25) is 4.79 Å². The molecule has 7 nitrogen and oxygen atoms in total. The molecule has 1 saturated carbocycles. The lowest BCUT2D eigenvalue weighted by Crippen LogP contribution is -2.36. The van der Waals surface area contributed by atoms with E-state index in [0.29, 0.717) is 34.0 Å². The van der Waals surface area contributed by atoms with Crippen LogP contribution < -0.4 is 10.5 Å². The van der Waals surface area contributed by atoms with Crippen LogP contribution >= 0.6 is 0 Å². The summed E-state index contributed by atoms with van der Waals surface area (Å²) in [5.41, 5.74) is 2.64. The van der Waals surface area contributed by atoms with Gasteiger partial charge in [0.15, 0.2) is 5.82 Å². The summed E-state index contributed by atoms with van der Waals surface area (Å²) in [6, 6.07) is 11.0. The molecule has 2 atom stereocenters. The second-order valence-corrected chi connectivity index (χ2v) is 10.0. The normalized spacial score (nSPS) is 20.6. The summed E-state index contributed by atoms with van der Waals surface area (Å²) < 4.78 is 1.41. The molecule has 0 aliphatic heterocycles. The summed E-state index contributed by atoms with van der Waals surface area (Å²) in [6.07, 6.45) is 10.2. The fourth-order valence-corrected chi connectivity index (χ4v) is 5.24. The average molecular weight is 462 g/mol. The Morgan fingerprint density at radius 2 is 1.97 bits per heavy atom. The van der Waals surface area contributed by atoms with Crippen LogP contribution in [0.2, 0.25) is 0 Å². The quantitative estimate of drug-likeness (QED) is 0.509. The van der Waals surface area contributed by atoms with Crippen LogP contribution in [-0.4, -0.2) is 37.9 Å². The first-order valence-electron chi connectivity index (χ1n) is 12.2. The molecule has 180 valence electrons. The lowest BCUT2D eigenvalue weighted by molar-refractivity contribution is 0.238. The average Bonchev–Trinajstić information content (AvgIpc) is 3.02. The van der Waals surface area contributed by atoms with Gasteiger partial charge >= 0.3 is 0 Å². The molecule has 1 aliphatic rings. The van der Waals surface area contributed by atoms with E-state index in [1.807, 2.05) is 18.2 Å². The van der Waals surface area contributed by atoms with Crippen molar-refractivity contribution in [2.75, 3.05) is 11.9 Å². The predicted octanol–water partition coefficient (Wildman–Crippen LogP) is 5.19. The van der Waals surface area contributed by atoms with Crippen molar-refractivity contribution < 1.29 is 5.11 Å². The number of nitrogens with zero attached hydrogens (tertiary/aromatic N) is 5. The van der Waals surface area contributed by atoms with Crippen molar-refractivity contribution in [1.29, 1.82) is 0 Å². The molecule has 0 radical (unpaired) electrons. The number of aromatic nitrogens is 4. The maximum Gasteiger partial charge on any atom is 0.253 e. The van der Waals surface area contributed by atoms with E-state index in [0.717, 1.165) is 5.82 Å². The number of benzene rings is 1. The fraction of sp³-hybridized carbons (Fsp3) is 0.481. The SMILES string of the molecule is CCC[C@]1(C)CCCC[C@H](N(C)c2ccc(-c3ccc(-c4cc(=O)n(C)cn4)cc3O)nn2)C1. The van der Waals surface area contributed by atoms with Gasteiger partial charge in [0.1, 0.15) is 5.75 Å². The molecular weight excluding hydrogens is 426 g/mol. The summed E-state index contributed by atoms with van der Waals surface area (Å²) in [5.74, 6) is 0.935. The third-order valence-electron chi connectivity index (χ3n) is 7.26. The van der Waals surface area contributed by atoms with Crippen LogP contribution in [0, 0.1) is 5.41 Å². The highest BCUT2D eigenvalue weighted by molar-refractivity contribution is 5.73. The van der Waals surface area contributed by atoms with E-state index in [2.05, 4.69) is 41.0 Å². The van der Waals surface area contributed by atoms with Crippen LogP contribution in [0.1, 0.15) is 58.8 Å². The molecule has 1 N–H and O–H groups in total. The minimum absolute atomic E-state index is 0.0782. The molecule has 1 aliphatic carbocycles. The van der Waals surface area contributed by atoms with Gasteiger partial charge in [0.05, 0.1) is 17.7 Å². The second-order valence-electron chi connectivity index (χ2n) is 10.0. The molecule has 3 aromatic rings. The smallest absolute Gasteiger partial charge is 0.253 e. The number of aryl methyl sites for hydroxylation is 1. The Morgan fingerprint density at radius 1 is 1.15 bits per heavy atom. The largest absolute Gasteiger partial charge is 0.507 e. The van der Waals surface area contributed by atoms with Gasteiger partial charge in [-0.2, -0.15) is 0 Å². The van der Waals surface area contributed by atoms with Gasteiger partial charge < -0.3 is 14.6 Å². The minimum atomic E-state index is -0.150. The molecule has 0 bridgehead atoms. The molecule has 0 amide bonds. The Morgan fingerprint density at radius 3 is 2.65 bits per heavy atom.